The Balaban J connectivity index is 4.91. The van der Waals surface area contributed by atoms with Crippen LogP contribution in [0, 0.1) is 34.0 Å². The molecule has 29 heavy (non-hydrogen) atoms. The van der Waals surface area contributed by atoms with E-state index >= 15 is 4.11 Å². The van der Waals surface area contributed by atoms with Crippen molar-refractivity contribution in [3.05, 3.63) is 0 Å². The first-order chi connectivity index (χ1) is 12.8. The smallest absolute Gasteiger partial charge is 0.247 e. The molecule has 2 heteroatoms. The van der Waals surface area contributed by atoms with Crippen molar-refractivity contribution in [3.8, 4) is 0 Å². The van der Waals surface area contributed by atoms with Crippen LogP contribution in [0.5, 0.6) is 0 Å². The van der Waals surface area contributed by atoms with Crippen LogP contribution in [0.15, 0.2) is 0 Å². The van der Waals surface area contributed by atoms with Crippen molar-refractivity contribution in [2.75, 3.05) is 0 Å². The van der Waals surface area contributed by atoms with Gasteiger partial charge >= 0.3 is 0 Å². The molecule has 176 valence electrons. The number of rotatable bonds is 12. The second-order valence-electron chi connectivity index (χ2n) is 14.4. The fourth-order valence-corrected chi connectivity index (χ4v) is 9.11. The van der Waals surface area contributed by atoms with Gasteiger partial charge in [-0.1, -0.05) is 102 Å². The molecule has 0 radical (unpaired) electrons. The Morgan fingerprint density at radius 1 is 0.517 bits per heavy atom. The zero-order valence-electron chi connectivity index (χ0n) is 22.5. The van der Waals surface area contributed by atoms with E-state index in [0.29, 0.717) is 34.0 Å². The highest BCUT2D eigenvalue weighted by molar-refractivity contribution is 6.73. The van der Waals surface area contributed by atoms with E-state index in [0.717, 1.165) is 37.4 Å². The molecule has 0 amide bonds. The molecule has 0 aromatic rings. The van der Waals surface area contributed by atoms with Crippen LogP contribution in [0.25, 0.3) is 0 Å². The van der Waals surface area contributed by atoms with Gasteiger partial charge in [0, 0.05) is 0 Å². The number of hydrogen-bond acceptors (Lipinski definition) is 0. The topological polar surface area (TPSA) is 0 Å². The monoisotopic (exact) mass is 428 g/mol. The first-order valence-corrected chi connectivity index (χ1v) is 15.0. The third-order valence-corrected chi connectivity index (χ3v) is 9.69. The molecule has 0 fully saturated rings. The van der Waals surface area contributed by atoms with Crippen LogP contribution in [0.4, 0.5) is 4.11 Å². The molecule has 0 aliphatic rings. The lowest BCUT2D eigenvalue weighted by molar-refractivity contribution is 0.294. The highest BCUT2D eigenvalue weighted by Crippen LogP contribution is 2.37. The summed E-state index contributed by atoms with van der Waals surface area (Å²) >= 11 is 0. The molecule has 0 aromatic carbocycles. The Morgan fingerprint density at radius 2 is 0.724 bits per heavy atom. The standard InChI is InChI=1S/C27H57FSi/c1-22(19-25(4,5)6)13-16-29(28,17-14-23(2)20-26(7,8)9)18-15-24(3)21-27(10,11)12/h22-24H,13-21H2,1-12H3/t22-,23-,24+/m0/s1. The third kappa shape index (κ3) is 17.5. The van der Waals surface area contributed by atoms with Crippen LogP contribution in [0.1, 0.15) is 122 Å². The molecular weight excluding hydrogens is 371 g/mol. The van der Waals surface area contributed by atoms with Crippen molar-refractivity contribution < 1.29 is 4.11 Å². The average Bonchev–Trinajstić information content (AvgIpc) is 2.44. The van der Waals surface area contributed by atoms with Crippen molar-refractivity contribution in [2.24, 2.45) is 34.0 Å². The molecule has 3 atom stereocenters. The minimum absolute atomic E-state index is 0.350. The van der Waals surface area contributed by atoms with E-state index in [1.807, 2.05) is 0 Å². The van der Waals surface area contributed by atoms with Gasteiger partial charge in [0.1, 0.15) is 0 Å². The van der Waals surface area contributed by atoms with Gasteiger partial charge in [-0.05, 0) is 71.4 Å². The van der Waals surface area contributed by atoms with Crippen LogP contribution in [0.2, 0.25) is 18.1 Å². The van der Waals surface area contributed by atoms with E-state index in [4.69, 9.17) is 0 Å². The lowest BCUT2D eigenvalue weighted by atomic mass is 9.84. The minimum atomic E-state index is -2.66. The van der Waals surface area contributed by atoms with Crippen molar-refractivity contribution in [1.29, 1.82) is 0 Å². The summed E-state index contributed by atoms with van der Waals surface area (Å²) < 4.78 is 16.3. The number of hydrogen-bond donors (Lipinski definition) is 0. The number of halogens is 1. The van der Waals surface area contributed by atoms with Gasteiger partial charge in [-0.25, -0.2) is 0 Å². The molecular formula is C27H57FSi. The van der Waals surface area contributed by atoms with Gasteiger partial charge in [0.15, 0.2) is 0 Å². The van der Waals surface area contributed by atoms with Gasteiger partial charge in [0.05, 0.1) is 0 Å². The highest BCUT2D eigenvalue weighted by atomic mass is 28.4. The van der Waals surface area contributed by atoms with Crippen LogP contribution in [-0.2, 0) is 0 Å². The lowest BCUT2D eigenvalue weighted by Crippen LogP contribution is -2.31. The van der Waals surface area contributed by atoms with Gasteiger partial charge < -0.3 is 4.11 Å². The van der Waals surface area contributed by atoms with E-state index in [2.05, 4.69) is 83.1 Å². The molecule has 0 saturated carbocycles. The summed E-state index contributed by atoms with van der Waals surface area (Å²) in [6.07, 6.45) is 6.87. The molecule has 0 rings (SSSR count). The minimum Gasteiger partial charge on any atom is -0.314 e. The van der Waals surface area contributed by atoms with Crippen LogP contribution in [-0.4, -0.2) is 8.41 Å². The van der Waals surface area contributed by atoms with Crippen molar-refractivity contribution in [1.82, 2.24) is 0 Å². The molecule has 0 spiro atoms. The van der Waals surface area contributed by atoms with E-state index < -0.39 is 8.41 Å². The Bertz CT molecular complexity index is 370. The second kappa shape index (κ2) is 11.7. The Labute approximate surface area is 186 Å². The summed E-state index contributed by atoms with van der Waals surface area (Å²) in [5.41, 5.74) is 1.05. The normalized spacial score (nSPS) is 17.3. The van der Waals surface area contributed by atoms with Crippen molar-refractivity contribution >= 4 is 8.41 Å². The van der Waals surface area contributed by atoms with Crippen LogP contribution in [0.3, 0.4) is 0 Å². The quantitative estimate of drug-likeness (QED) is 0.214. The summed E-state index contributed by atoms with van der Waals surface area (Å²) in [7, 11) is -2.66. The molecule has 0 bridgehead atoms. The molecule has 0 heterocycles. The van der Waals surface area contributed by atoms with E-state index in [9.17, 15) is 0 Å². The molecule has 0 aromatic heterocycles. The molecule has 0 saturated heterocycles. The SMILES string of the molecule is C[C@H](CC[Si](F)(CC[C@H](C)CC(C)(C)C)CC[C@H](C)CC(C)(C)C)CC(C)(C)C. The fraction of sp³-hybridized carbons (Fsp3) is 1.00. The van der Waals surface area contributed by atoms with Crippen LogP contribution < -0.4 is 0 Å². The largest absolute Gasteiger partial charge is 0.314 e. The Morgan fingerprint density at radius 3 is 0.897 bits per heavy atom. The summed E-state index contributed by atoms with van der Waals surface area (Å²) in [5, 5.41) is 0. The van der Waals surface area contributed by atoms with E-state index in [1.165, 1.54) is 19.3 Å². The Hall–Kier alpha value is 0.147. The van der Waals surface area contributed by atoms with Gasteiger partial charge in [-0.2, -0.15) is 0 Å². The maximum Gasteiger partial charge on any atom is 0.247 e. The van der Waals surface area contributed by atoms with Gasteiger partial charge in [0.25, 0.3) is 0 Å². The second-order valence-corrected chi connectivity index (χ2v) is 18.2. The zero-order valence-corrected chi connectivity index (χ0v) is 23.5. The average molecular weight is 429 g/mol. The Kier molecular flexibility index (Phi) is 11.7. The molecule has 0 nitrogen and oxygen atoms in total. The predicted molar refractivity (Wildman–Crippen MR) is 135 cm³/mol. The summed E-state index contributed by atoms with van der Waals surface area (Å²) in [6.45, 7) is 27.8. The summed E-state index contributed by atoms with van der Waals surface area (Å²) in [6, 6.07) is 2.65. The zero-order chi connectivity index (χ0) is 23.1. The fourth-order valence-electron chi connectivity index (χ4n) is 5.33. The predicted octanol–water partition coefficient (Wildman–Crippen LogP) is 10.3. The molecule has 0 aliphatic carbocycles. The first kappa shape index (κ1) is 29.1. The van der Waals surface area contributed by atoms with Gasteiger partial charge in [-0.15, -0.1) is 0 Å². The van der Waals surface area contributed by atoms with E-state index in [-0.39, 0.29) is 0 Å². The summed E-state index contributed by atoms with van der Waals surface area (Å²) in [4.78, 5) is 0. The van der Waals surface area contributed by atoms with Gasteiger partial charge in [-0.3, -0.25) is 0 Å². The van der Waals surface area contributed by atoms with Crippen LogP contribution >= 0.6 is 0 Å². The molecule has 0 N–H and O–H groups in total. The maximum absolute atomic E-state index is 16.3. The van der Waals surface area contributed by atoms with Crippen molar-refractivity contribution in [3.63, 3.8) is 0 Å². The highest BCUT2D eigenvalue weighted by Gasteiger charge is 2.35. The third-order valence-electron chi connectivity index (χ3n) is 6.14. The molecule has 0 aliphatic heterocycles. The molecule has 0 unspecified atom stereocenters. The maximum atomic E-state index is 16.3. The summed E-state index contributed by atoms with van der Waals surface area (Å²) in [5.74, 6) is 1.91. The van der Waals surface area contributed by atoms with Gasteiger partial charge in [0.2, 0.25) is 8.41 Å². The lowest BCUT2D eigenvalue weighted by Gasteiger charge is -2.30. The first-order valence-electron chi connectivity index (χ1n) is 12.5. The van der Waals surface area contributed by atoms with E-state index in [1.54, 1.807) is 0 Å². The van der Waals surface area contributed by atoms with Crippen molar-refractivity contribution in [2.45, 2.75) is 140 Å².